The van der Waals surface area contributed by atoms with Gasteiger partial charge in [0.15, 0.2) is 0 Å². The summed E-state index contributed by atoms with van der Waals surface area (Å²) in [5, 5.41) is 0. The van der Waals surface area contributed by atoms with Crippen molar-refractivity contribution in [2.75, 3.05) is 6.61 Å². The molecule has 0 spiro atoms. The lowest BCUT2D eigenvalue weighted by Gasteiger charge is -2.05. The average molecular weight is 381 g/mol. The molecule has 0 aliphatic heterocycles. The van der Waals surface area contributed by atoms with E-state index >= 15 is 0 Å². The van der Waals surface area contributed by atoms with Crippen LogP contribution in [0, 0.1) is 0 Å². The van der Waals surface area contributed by atoms with Crippen LogP contribution >= 0.6 is 23.2 Å². The molecule has 0 radical (unpaired) electrons. The Bertz CT molecular complexity index is 309. The lowest BCUT2D eigenvalue weighted by atomic mass is 10.1. The highest BCUT2D eigenvalue weighted by atomic mass is 35.5. The van der Waals surface area contributed by atoms with Crippen molar-refractivity contribution in [3.05, 3.63) is 12.2 Å². The Morgan fingerprint density at radius 1 is 0.913 bits per heavy atom. The summed E-state index contributed by atoms with van der Waals surface area (Å²) in [5.74, 6) is -0.266. The third-order valence-corrected chi connectivity index (χ3v) is 6.55. The number of ether oxygens (including phenoxy) is 1. The molecule has 0 rings (SSSR count). The zero-order valence-electron chi connectivity index (χ0n) is 14.8. The van der Waals surface area contributed by atoms with E-state index in [4.69, 9.17) is 27.9 Å². The van der Waals surface area contributed by atoms with Gasteiger partial charge in [0.25, 0.3) is 0 Å². The van der Waals surface area contributed by atoms with E-state index in [-0.39, 0.29) is 19.9 Å². The Hall–Kier alpha value is 0.00688. The molecule has 0 aliphatic carbocycles. The molecule has 0 aromatic rings. The zero-order chi connectivity index (χ0) is 17.3. The summed E-state index contributed by atoms with van der Waals surface area (Å²) < 4.78 is 5.02. The Balaban J connectivity index is 3.08. The maximum Gasteiger partial charge on any atom is 0.333 e. The smallest absolute Gasteiger partial charge is 0.333 e. The molecule has 0 N–H and O–H groups in total. The summed E-state index contributed by atoms with van der Waals surface area (Å²) in [4.78, 5) is 11.2. The zero-order valence-corrected chi connectivity index (χ0v) is 17.7. The third kappa shape index (κ3) is 18.2. The fraction of sp³-hybridized carbons (Fsp3) is 0.833. The first-order valence-corrected chi connectivity index (χ1v) is 11.8. The van der Waals surface area contributed by atoms with E-state index in [1.807, 2.05) is 0 Å². The van der Waals surface area contributed by atoms with Crippen LogP contribution in [0.25, 0.3) is 0 Å². The van der Waals surface area contributed by atoms with Gasteiger partial charge in [-0.3, -0.25) is 0 Å². The monoisotopic (exact) mass is 380 g/mol. The van der Waals surface area contributed by atoms with Crippen LogP contribution in [-0.4, -0.2) is 26.6 Å². The quantitative estimate of drug-likeness (QED) is 0.112. The third-order valence-electron chi connectivity index (χ3n) is 3.90. The highest BCUT2D eigenvalue weighted by Crippen LogP contribution is 2.13. The Morgan fingerprint density at radius 3 is 1.78 bits per heavy atom. The van der Waals surface area contributed by atoms with Gasteiger partial charge < -0.3 is 4.74 Å². The van der Waals surface area contributed by atoms with Gasteiger partial charge in [0.1, 0.15) is 0 Å². The Kier molecular flexibility index (Phi) is 16.9. The van der Waals surface area contributed by atoms with Crippen LogP contribution in [0.5, 0.6) is 0 Å². The van der Waals surface area contributed by atoms with Crippen LogP contribution in [0.4, 0.5) is 0 Å². The van der Waals surface area contributed by atoms with Crippen molar-refractivity contribution in [1.82, 2.24) is 0 Å². The number of halogens is 2. The molecule has 0 amide bonds. The van der Waals surface area contributed by atoms with Gasteiger partial charge >= 0.3 is 5.97 Å². The van der Waals surface area contributed by atoms with Crippen molar-refractivity contribution < 1.29 is 9.53 Å². The van der Waals surface area contributed by atoms with Crippen LogP contribution in [-0.2, 0) is 9.53 Å². The summed E-state index contributed by atoms with van der Waals surface area (Å²) in [6.07, 6.45) is 14.1. The molecule has 0 aliphatic rings. The first-order valence-electron chi connectivity index (χ1n) is 9.15. The number of rotatable bonds is 16. The number of unbranched alkanes of at least 4 members (excludes halogenated alkanes) is 10. The molecule has 0 unspecified atom stereocenters. The number of carbonyl (C=O) groups excluding carboxylic acids is 1. The van der Waals surface area contributed by atoms with Crippen LogP contribution in [0.3, 0.4) is 0 Å². The summed E-state index contributed by atoms with van der Waals surface area (Å²) in [6, 6.07) is 1.29. The fourth-order valence-corrected chi connectivity index (χ4v) is 4.33. The van der Waals surface area contributed by atoms with E-state index in [2.05, 4.69) is 6.58 Å². The highest BCUT2D eigenvalue weighted by molar-refractivity contribution is 6.68. The maximum atomic E-state index is 11.2. The molecule has 0 saturated carbocycles. The minimum absolute atomic E-state index is 0.0480. The summed E-state index contributed by atoms with van der Waals surface area (Å²) in [7, 11) is -0.224. The lowest BCUT2D eigenvalue weighted by molar-refractivity contribution is -0.139. The van der Waals surface area contributed by atoms with E-state index in [0.29, 0.717) is 12.2 Å². The van der Waals surface area contributed by atoms with E-state index in [0.717, 1.165) is 12.8 Å². The number of alkyl halides is 2. The van der Waals surface area contributed by atoms with Crippen molar-refractivity contribution in [2.45, 2.75) is 88.1 Å². The van der Waals surface area contributed by atoms with E-state index in [1.165, 1.54) is 63.8 Å². The van der Waals surface area contributed by atoms with E-state index < -0.39 is 0 Å². The topological polar surface area (TPSA) is 26.3 Å². The SMILES string of the molecule is C=C(C)C(=O)OCCCCCCCCCCCCC[SiH2]C(Cl)Cl. The molecule has 0 saturated heterocycles. The average Bonchev–Trinajstić information content (AvgIpc) is 2.50. The minimum Gasteiger partial charge on any atom is -0.462 e. The molecule has 0 atom stereocenters. The molecule has 0 aromatic heterocycles. The van der Waals surface area contributed by atoms with Crippen LogP contribution in [0.15, 0.2) is 12.2 Å². The maximum absolute atomic E-state index is 11.2. The van der Waals surface area contributed by atoms with Crippen molar-refractivity contribution in [1.29, 1.82) is 0 Å². The predicted molar refractivity (Wildman–Crippen MR) is 105 cm³/mol. The van der Waals surface area contributed by atoms with Crippen molar-refractivity contribution in [2.24, 2.45) is 0 Å². The van der Waals surface area contributed by atoms with Crippen LogP contribution < -0.4 is 0 Å². The second-order valence-electron chi connectivity index (χ2n) is 6.34. The molecule has 0 aromatic carbocycles. The minimum atomic E-state index is -0.266. The molecule has 2 nitrogen and oxygen atoms in total. The number of esters is 1. The molecule has 5 heteroatoms. The van der Waals surface area contributed by atoms with Crippen molar-refractivity contribution in [3.63, 3.8) is 0 Å². The standard InChI is InChI=1S/C18H34Cl2O2Si/c1-16(2)17(21)22-14-12-10-8-6-4-3-5-7-9-11-13-15-23-18(19)20/h18H,1,3-15,23H2,2H3. The van der Waals surface area contributed by atoms with Gasteiger partial charge in [-0.2, -0.15) is 0 Å². The van der Waals surface area contributed by atoms with Gasteiger partial charge in [0.05, 0.1) is 20.6 Å². The van der Waals surface area contributed by atoms with Crippen LogP contribution in [0.2, 0.25) is 6.04 Å². The number of hydrogen-bond donors (Lipinski definition) is 0. The normalized spacial score (nSPS) is 11.5. The molecular formula is C18H34Cl2O2Si. The highest BCUT2D eigenvalue weighted by Gasteiger charge is 2.02. The molecule has 0 heterocycles. The second kappa shape index (κ2) is 16.9. The summed E-state index contributed by atoms with van der Waals surface area (Å²) in [5.41, 5.74) is 0.481. The van der Waals surface area contributed by atoms with Gasteiger partial charge in [0, 0.05) is 5.57 Å². The van der Waals surface area contributed by atoms with Gasteiger partial charge in [0.2, 0.25) is 0 Å². The van der Waals surface area contributed by atoms with Gasteiger partial charge in [-0.15, -0.1) is 23.2 Å². The van der Waals surface area contributed by atoms with E-state index in [9.17, 15) is 4.79 Å². The predicted octanol–water partition coefficient (Wildman–Crippen LogP) is 5.75. The van der Waals surface area contributed by atoms with Gasteiger partial charge in [-0.1, -0.05) is 76.8 Å². The fourth-order valence-electron chi connectivity index (χ4n) is 2.46. The summed E-state index contributed by atoms with van der Waals surface area (Å²) in [6.45, 7) is 5.77. The van der Waals surface area contributed by atoms with Crippen molar-refractivity contribution in [3.8, 4) is 0 Å². The van der Waals surface area contributed by atoms with Gasteiger partial charge in [-0.05, 0) is 13.3 Å². The summed E-state index contributed by atoms with van der Waals surface area (Å²) >= 11 is 11.5. The lowest BCUT2D eigenvalue weighted by Crippen LogP contribution is -2.05. The van der Waals surface area contributed by atoms with Crippen LogP contribution in [0.1, 0.15) is 77.6 Å². The van der Waals surface area contributed by atoms with Gasteiger partial charge in [-0.25, -0.2) is 4.79 Å². The molecule has 0 bridgehead atoms. The van der Waals surface area contributed by atoms with E-state index in [1.54, 1.807) is 6.92 Å². The number of hydrogen-bond acceptors (Lipinski definition) is 2. The second-order valence-corrected chi connectivity index (χ2v) is 10.8. The Labute approximate surface area is 155 Å². The number of carbonyl (C=O) groups is 1. The Morgan fingerprint density at radius 2 is 1.35 bits per heavy atom. The largest absolute Gasteiger partial charge is 0.462 e. The molecule has 136 valence electrons. The van der Waals surface area contributed by atoms with Crippen molar-refractivity contribution >= 4 is 38.7 Å². The molecular weight excluding hydrogens is 347 g/mol. The molecule has 0 fully saturated rings. The first-order chi connectivity index (χ1) is 11.0. The first kappa shape index (κ1) is 23.0. The molecule has 23 heavy (non-hydrogen) atoms.